The molecule has 3 N–H and O–H groups in total. The summed E-state index contributed by atoms with van der Waals surface area (Å²) in [4.78, 5) is 12.8. The van der Waals surface area contributed by atoms with E-state index in [-0.39, 0.29) is 30.0 Å². The summed E-state index contributed by atoms with van der Waals surface area (Å²) >= 11 is 0. The molecule has 0 spiro atoms. The highest BCUT2D eigenvalue weighted by Gasteiger charge is 2.22. The summed E-state index contributed by atoms with van der Waals surface area (Å²) in [5.41, 5.74) is 6.97. The number of aromatic nitrogens is 2. The molecule has 0 saturated carbocycles. The van der Waals surface area contributed by atoms with Gasteiger partial charge in [-0.05, 0) is 30.4 Å². The minimum Gasteiger partial charge on any atom is -0.489 e. The highest BCUT2D eigenvalue weighted by atomic mass is 35.5. The topological polar surface area (TPSA) is 82.2 Å². The van der Waals surface area contributed by atoms with Gasteiger partial charge in [-0.3, -0.25) is 4.79 Å². The van der Waals surface area contributed by atoms with Crippen LogP contribution in [0.3, 0.4) is 0 Å². The van der Waals surface area contributed by atoms with E-state index in [4.69, 9.17) is 10.5 Å². The third kappa shape index (κ3) is 6.88. The maximum Gasteiger partial charge on any atom is 0.275 e. The van der Waals surface area contributed by atoms with Gasteiger partial charge in [-0.2, -0.15) is 5.10 Å². The molecule has 150 valence electrons. The molecule has 0 radical (unpaired) electrons. The molecule has 1 aromatic heterocycles. The highest BCUT2D eigenvalue weighted by Crippen LogP contribution is 2.21. The minimum atomic E-state index is -0.255. The predicted octanol–water partition coefficient (Wildman–Crippen LogP) is 3.43. The van der Waals surface area contributed by atoms with Crippen LogP contribution in [0.2, 0.25) is 0 Å². The number of para-hydroxylation sites is 1. The normalized spacial score (nSPS) is 12.0. The predicted molar refractivity (Wildman–Crippen MR) is 111 cm³/mol. The van der Waals surface area contributed by atoms with Gasteiger partial charge >= 0.3 is 0 Å². The van der Waals surface area contributed by atoms with Crippen molar-refractivity contribution in [2.45, 2.75) is 40.2 Å². The molecule has 0 aliphatic carbocycles. The summed E-state index contributed by atoms with van der Waals surface area (Å²) in [6, 6.07) is 9.58. The molecule has 1 amide bonds. The number of hydrogen-bond donors (Lipinski definition) is 2. The zero-order valence-corrected chi connectivity index (χ0v) is 17.3. The molecule has 1 aromatic carbocycles. The molecule has 6 nitrogen and oxygen atoms in total. The van der Waals surface area contributed by atoms with Gasteiger partial charge in [0.1, 0.15) is 0 Å². The van der Waals surface area contributed by atoms with Crippen LogP contribution in [0.25, 0.3) is 5.69 Å². The number of carbonyl (C=O) groups excluding carboxylic acids is 1. The lowest BCUT2D eigenvalue weighted by Crippen LogP contribution is -2.41. The summed E-state index contributed by atoms with van der Waals surface area (Å²) in [6.07, 6.45) is 2.58. The average Bonchev–Trinajstić information content (AvgIpc) is 3.04. The van der Waals surface area contributed by atoms with Gasteiger partial charge in [0.15, 0.2) is 11.4 Å². The summed E-state index contributed by atoms with van der Waals surface area (Å²) in [6.45, 7) is 9.26. The van der Waals surface area contributed by atoms with Gasteiger partial charge in [-0.15, -0.1) is 12.4 Å². The van der Waals surface area contributed by atoms with Gasteiger partial charge in [0.2, 0.25) is 0 Å². The second-order valence-electron chi connectivity index (χ2n) is 7.36. The van der Waals surface area contributed by atoms with Gasteiger partial charge in [0.25, 0.3) is 5.91 Å². The Morgan fingerprint density at radius 1 is 1.19 bits per heavy atom. The van der Waals surface area contributed by atoms with Crippen LogP contribution in [0, 0.1) is 11.8 Å². The first-order chi connectivity index (χ1) is 12.4. The number of rotatable bonds is 9. The van der Waals surface area contributed by atoms with Crippen LogP contribution in [0.5, 0.6) is 5.75 Å². The van der Waals surface area contributed by atoms with Crippen LogP contribution in [0.15, 0.2) is 36.5 Å². The summed E-state index contributed by atoms with van der Waals surface area (Å²) in [5.74, 6) is 1.03. The number of carbonyl (C=O) groups is 1. The molecule has 0 fully saturated rings. The first-order valence-corrected chi connectivity index (χ1v) is 9.19. The molecule has 1 heterocycles. The van der Waals surface area contributed by atoms with E-state index in [2.05, 4.69) is 38.1 Å². The fourth-order valence-electron chi connectivity index (χ4n) is 2.63. The van der Waals surface area contributed by atoms with E-state index in [1.54, 1.807) is 10.9 Å². The summed E-state index contributed by atoms with van der Waals surface area (Å²) < 4.78 is 7.51. The average molecular weight is 395 g/mol. The number of halogens is 1. The first kappa shape index (κ1) is 23.0. The lowest BCUT2D eigenvalue weighted by Gasteiger charge is -2.18. The SMILES string of the molecule is CC(C)COc1cn(-c2ccccc2)nc1C(=O)NC(CN)CC(C)C.Cl. The zero-order chi connectivity index (χ0) is 19.1. The Labute approximate surface area is 167 Å². The Bertz CT molecular complexity index is 701. The van der Waals surface area contributed by atoms with Crippen molar-refractivity contribution in [2.75, 3.05) is 13.2 Å². The molecule has 2 aromatic rings. The van der Waals surface area contributed by atoms with Gasteiger partial charge in [-0.25, -0.2) is 4.68 Å². The number of nitrogens with two attached hydrogens (primary N) is 1. The molecule has 0 aliphatic heterocycles. The molecule has 2 rings (SSSR count). The van der Waals surface area contributed by atoms with Crippen LogP contribution in [0.4, 0.5) is 0 Å². The molecular weight excluding hydrogens is 364 g/mol. The molecule has 0 aliphatic rings. The number of benzene rings is 1. The van der Waals surface area contributed by atoms with Crippen molar-refractivity contribution in [3.05, 3.63) is 42.2 Å². The molecule has 0 saturated heterocycles. The van der Waals surface area contributed by atoms with Crippen LogP contribution in [-0.4, -0.2) is 34.9 Å². The lowest BCUT2D eigenvalue weighted by atomic mass is 10.0. The van der Waals surface area contributed by atoms with Crippen LogP contribution >= 0.6 is 12.4 Å². The third-order valence-corrected chi connectivity index (χ3v) is 3.86. The van der Waals surface area contributed by atoms with Crippen molar-refractivity contribution in [1.82, 2.24) is 15.1 Å². The molecular formula is C20H31ClN4O2. The first-order valence-electron chi connectivity index (χ1n) is 9.19. The van der Waals surface area contributed by atoms with Crippen molar-refractivity contribution in [1.29, 1.82) is 0 Å². The quantitative estimate of drug-likeness (QED) is 0.682. The number of nitrogens with zero attached hydrogens (tertiary/aromatic N) is 2. The minimum absolute atomic E-state index is 0. The molecule has 0 bridgehead atoms. The second kappa shape index (κ2) is 10.9. The molecule has 7 heteroatoms. The maximum absolute atomic E-state index is 12.8. The Morgan fingerprint density at radius 3 is 2.41 bits per heavy atom. The van der Waals surface area contributed by atoms with Crippen molar-refractivity contribution in [3.8, 4) is 11.4 Å². The molecule has 1 unspecified atom stereocenters. The van der Waals surface area contributed by atoms with E-state index < -0.39 is 0 Å². The number of nitrogens with one attached hydrogen (secondary N) is 1. The van der Waals surface area contributed by atoms with Crippen LogP contribution in [0.1, 0.15) is 44.6 Å². The highest BCUT2D eigenvalue weighted by molar-refractivity contribution is 5.95. The number of amides is 1. The second-order valence-corrected chi connectivity index (χ2v) is 7.36. The van der Waals surface area contributed by atoms with Crippen molar-refractivity contribution in [3.63, 3.8) is 0 Å². The van der Waals surface area contributed by atoms with E-state index in [0.29, 0.717) is 30.7 Å². The largest absolute Gasteiger partial charge is 0.489 e. The number of ether oxygens (including phenoxy) is 1. The van der Waals surface area contributed by atoms with Gasteiger partial charge in [0, 0.05) is 12.6 Å². The Kier molecular flexibility index (Phi) is 9.32. The standard InChI is InChI=1S/C20H30N4O2.ClH/c1-14(2)10-16(11-21)22-20(25)19-18(26-13-15(3)4)12-24(23-19)17-8-6-5-7-9-17;/h5-9,12,14-16H,10-11,13,21H2,1-4H3,(H,22,25);1H. The van der Waals surface area contributed by atoms with E-state index in [1.165, 1.54) is 0 Å². The smallest absolute Gasteiger partial charge is 0.275 e. The fraction of sp³-hybridized carbons (Fsp3) is 0.500. The Hall–Kier alpha value is -2.05. The zero-order valence-electron chi connectivity index (χ0n) is 16.5. The maximum atomic E-state index is 12.8. The van der Waals surface area contributed by atoms with Crippen LogP contribution in [-0.2, 0) is 0 Å². The molecule has 1 atom stereocenters. The summed E-state index contributed by atoms with van der Waals surface area (Å²) in [7, 11) is 0. The fourth-order valence-corrected chi connectivity index (χ4v) is 2.63. The van der Waals surface area contributed by atoms with Crippen LogP contribution < -0.4 is 15.8 Å². The van der Waals surface area contributed by atoms with E-state index in [1.807, 2.05) is 30.3 Å². The molecule has 27 heavy (non-hydrogen) atoms. The number of hydrogen-bond acceptors (Lipinski definition) is 4. The van der Waals surface area contributed by atoms with E-state index >= 15 is 0 Å². The van der Waals surface area contributed by atoms with E-state index in [9.17, 15) is 4.79 Å². The van der Waals surface area contributed by atoms with Gasteiger partial charge in [0.05, 0.1) is 18.5 Å². The summed E-state index contributed by atoms with van der Waals surface area (Å²) in [5, 5.41) is 7.45. The van der Waals surface area contributed by atoms with E-state index in [0.717, 1.165) is 12.1 Å². The van der Waals surface area contributed by atoms with Gasteiger partial charge in [-0.1, -0.05) is 45.9 Å². The van der Waals surface area contributed by atoms with Crippen molar-refractivity contribution >= 4 is 18.3 Å². The van der Waals surface area contributed by atoms with Crippen molar-refractivity contribution < 1.29 is 9.53 Å². The Balaban J connectivity index is 0.00000364. The Morgan fingerprint density at radius 2 is 1.85 bits per heavy atom. The van der Waals surface area contributed by atoms with Crippen molar-refractivity contribution in [2.24, 2.45) is 17.6 Å². The monoisotopic (exact) mass is 394 g/mol. The van der Waals surface area contributed by atoms with Gasteiger partial charge < -0.3 is 15.8 Å². The lowest BCUT2D eigenvalue weighted by molar-refractivity contribution is 0.0923. The third-order valence-electron chi connectivity index (χ3n) is 3.86.